The van der Waals surface area contributed by atoms with Gasteiger partial charge in [0.1, 0.15) is 5.75 Å². The van der Waals surface area contributed by atoms with Crippen LogP contribution in [0, 0.1) is 12.8 Å². The number of aliphatic imine (C=N–C) groups is 1. The number of guanidine groups is 1. The molecule has 32 heavy (non-hydrogen) atoms. The molecule has 0 saturated heterocycles. The van der Waals surface area contributed by atoms with Crippen LogP contribution in [0.1, 0.15) is 39.9 Å². The summed E-state index contributed by atoms with van der Waals surface area (Å²) in [6.07, 6.45) is 2.52. The van der Waals surface area contributed by atoms with E-state index in [-0.39, 0.29) is 12.5 Å². The van der Waals surface area contributed by atoms with Gasteiger partial charge in [-0.2, -0.15) is 0 Å². The Balaban J connectivity index is 1.50. The SMILES string of the molecule is CN=C(NCc1ccc(C(=O)NCC(N)=O)cc1)NCc1ccc(C)cc1OCC1CC1. The summed E-state index contributed by atoms with van der Waals surface area (Å²) < 4.78 is 6.04. The second-order valence-corrected chi connectivity index (χ2v) is 7.99. The van der Waals surface area contributed by atoms with E-state index in [1.807, 2.05) is 12.1 Å². The summed E-state index contributed by atoms with van der Waals surface area (Å²) in [7, 11) is 1.72. The van der Waals surface area contributed by atoms with Crippen molar-refractivity contribution in [2.24, 2.45) is 16.6 Å². The van der Waals surface area contributed by atoms with Crippen LogP contribution in [-0.4, -0.2) is 38.0 Å². The highest BCUT2D eigenvalue weighted by molar-refractivity contribution is 5.96. The Bertz CT molecular complexity index is 968. The molecule has 8 heteroatoms. The second kappa shape index (κ2) is 11.2. The van der Waals surface area contributed by atoms with E-state index in [9.17, 15) is 9.59 Å². The van der Waals surface area contributed by atoms with Crippen LogP contribution >= 0.6 is 0 Å². The van der Waals surface area contributed by atoms with Crippen molar-refractivity contribution in [2.75, 3.05) is 20.2 Å². The molecule has 5 N–H and O–H groups in total. The maximum Gasteiger partial charge on any atom is 0.251 e. The van der Waals surface area contributed by atoms with Gasteiger partial charge < -0.3 is 26.4 Å². The van der Waals surface area contributed by atoms with Gasteiger partial charge in [-0.25, -0.2) is 0 Å². The van der Waals surface area contributed by atoms with Gasteiger partial charge in [-0.15, -0.1) is 0 Å². The monoisotopic (exact) mass is 437 g/mol. The number of nitrogens with two attached hydrogens (primary N) is 1. The number of carbonyl (C=O) groups is 2. The standard InChI is InChI=1S/C24H31N5O3/c1-16-3-8-20(21(11-16)32-15-18-4-5-18)13-29-24(26-2)28-12-17-6-9-19(10-7-17)23(31)27-14-22(25)30/h3,6-11,18H,4-5,12-15H2,1-2H3,(H2,25,30)(H,27,31)(H2,26,28,29). The summed E-state index contributed by atoms with van der Waals surface area (Å²) in [5, 5.41) is 9.07. The zero-order chi connectivity index (χ0) is 22.9. The molecule has 0 aliphatic heterocycles. The van der Waals surface area contributed by atoms with Crippen LogP contribution in [0.2, 0.25) is 0 Å². The normalized spacial score (nSPS) is 13.4. The summed E-state index contributed by atoms with van der Waals surface area (Å²) in [5.74, 6) is 1.38. The van der Waals surface area contributed by atoms with E-state index in [1.165, 1.54) is 18.4 Å². The number of amides is 2. The van der Waals surface area contributed by atoms with Crippen LogP contribution in [0.15, 0.2) is 47.5 Å². The number of benzene rings is 2. The predicted octanol–water partition coefficient (Wildman–Crippen LogP) is 1.86. The van der Waals surface area contributed by atoms with Crippen molar-refractivity contribution in [3.63, 3.8) is 0 Å². The molecule has 2 aromatic carbocycles. The molecule has 8 nitrogen and oxygen atoms in total. The van der Waals surface area contributed by atoms with Crippen molar-refractivity contribution in [1.82, 2.24) is 16.0 Å². The maximum absolute atomic E-state index is 12.0. The molecule has 0 aromatic heterocycles. The summed E-state index contributed by atoms with van der Waals surface area (Å²) in [6, 6.07) is 13.4. The van der Waals surface area contributed by atoms with E-state index in [4.69, 9.17) is 10.5 Å². The minimum absolute atomic E-state index is 0.182. The topological polar surface area (TPSA) is 118 Å². The highest BCUT2D eigenvalue weighted by Crippen LogP contribution is 2.30. The minimum Gasteiger partial charge on any atom is -0.493 e. The number of ether oxygens (including phenoxy) is 1. The van der Waals surface area contributed by atoms with E-state index in [2.05, 4.69) is 46.1 Å². The molecule has 0 bridgehead atoms. The number of aryl methyl sites for hydroxylation is 1. The lowest BCUT2D eigenvalue weighted by Gasteiger charge is -2.15. The van der Waals surface area contributed by atoms with Crippen LogP contribution in [0.5, 0.6) is 5.75 Å². The third-order valence-corrected chi connectivity index (χ3v) is 5.16. The van der Waals surface area contributed by atoms with Crippen molar-refractivity contribution in [2.45, 2.75) is 32.9 Å². The number of carbonyl (C=O) groups excluding carboxylic acids is 2. The van der Waals surface area contributed by atoms with Crippen LogP contribution in [0.25, 0.3) is 0 Å². The van der Waals surface area contributed by atoms with Gasteiger partial charge in [0, 0.05) is 31.3 Å². The van der Waals surface area contributed by atoms with Gasteiger partial charge in [-0.3, -0.25) is 14.6 Å². The first-order chi connectivity index (χ1) is 15.4. The van der Waals surface area contributed by atoms with Gasteiger partial charge in [0.15, 0.2) is 5.96 Å². The first-order valence-electron chi connectivity index (χ1n) is 10.8. The average Bonchev–Trinajstić information content (AvgIpc) is 3.62. The Labute approximate surface area is 188 Å². The van der Waals surface area contributed by atoms with Crippen LogP contribution in [-0.2, 0) is 17.9 Å². The van der Waals surface area contributed by atoms with Gasteiger partial charge in [-0.1, -0.05) is 24.3 Å². The van der Waals surface area contributed by atoms with Gasteiger partial charge in [-0.05, 0) is 55.0 Å². The summed E-state index contributed by atoms with van der Waals surface area (Å²) in [4.78, 5) is 27.0. The molecule has 1 aliphatic carbocycles. The molecule has 170 valence electrons. The van der Waals surface area contributed by atoms with Gasteiger partial charge >= 0.3 is 0 Å². The smallest absolute Gasteiger partial charge is 0.251 e. The van der Waals surface area contributed by atoms with E-state index in [1.54, 1.807) is 19.2 Å². The van der Waals surface area contributed by atoms with Gasteiger partial charge in [0.25, 0.3) is 5.91 Å². The highest BCUT2D eigenvalue weighted by atomic mass is 16.5. The predicted molar refractivity (Wildman–Crippen MR) is 124 cm³/mol. The Morgan fingerprint density at radius 1 is 1.06 bits per heavy atom. The zero-order valence-corrected chi connectivity index (χ0v) is 18.6. The molecule has 0 unspecified atom stereocenters. The molecule has 1 fully saturated rings. The summed E-state index contributed by atoms with van der Waals surface area (Å²) in [5.41, 5.74) is 8.76. The molecule has 3 rings (SSSR count). The summed E-state index contributed by atoms with van der Waals surface area (Å²) >= 11 is 0. The van der Waals surface area contributed by atoms with Crippen molar-refractivity contribution >= 4 is 17.8 Å². The third-order valence-electron chi connectivity index (χ3n) is 5.16. The first-order valence-corrected chi connectivity index (χ1v) is 10.8. The van der Waals surface area contributed by atoms with Crippen molar-refractivity contribution in [1.29, 1.82) is 0 Å². The number of hydrogen-bond donors (Lipinski definition) is 4. The van der Waals surface area contributed by atoms with E-state index >= 15 is 0 Å². The molecule has 0 radical (unpaired) electrons. The molecule has 1 saturated carbocycles. The minimum atomic E-state index is -0.578. The Kier molecular flexibility index (Phi) is 8.08. The second-order valence-electron chi connectivity index (χ2n) is 7.99. The molecule has 2 aromatic rings. The van der Waals surface area contributed by atoms with E-state index < -0.39 is 5.91 Å². The Morgan fingerprint density at radius 3 is 2.44 bits per heavy atom. The van der Waals surface area contributed by atoms with E-state index in [0.29, 0.717) is 30.5 Å². The van der Waals surface area contributed by atoms with Crippen molar-refractivity contribution in [3.8, 4) is 5.75 Å². The average molecular weight is 438 g/mol. The largest absolute Gasteiger partial charge is 0.493 e. The lowest BCUT2D eigenvalue weighted by atomic mass is 10.1. The van der Waals surface area contributed by atoms with Crippen LogP contribution in [0.4, 0.5) is 0 Å². The highest BCUT2D eigenvalue weighted by Gasteiger charge is 2.22. The number of nitrogens with zero attached hydrogens (tertiary/aromatic N) is 1. The molecule has 1 aliphatic rings. The van der Waals surface area contributed by atoms with Crippen molar-refractivity contribution < 1.29 is 14.3 Å². The van der Waals surface area contributed by atoms with Crippen LogP contribution in [0.3, 0.4) is 0 Å². The van der Waals surface area contributed by atoms with Gasteiger partial charge in [0.2, 0.25) is 5.91 Å². The molecule has 2 amide bonds. The lowest BCUT2D eigenvalue weighted by molar-refractivity contribution is -0.117. The number of nitrogens with one attached hydrogen (secondary N) is 3. The molecular formula is C24H31N5O3. The quantitative estimate of drug-likeness (QED) is 0.334. The fourth-order valence-corrected chi connectivity index (χ4v) is 3.06. The molecule has 0 atom stereocenters. The first kappa shape index (κ1) is 23.1. The fourth-order valence-electron chi connectivity index (χ4n) is 3.06. The third kappa shape index (κ3) is 7.30. The van der Waals surface area contributed by atoms with Crippen molar-refractivity contribution in [3.05, 3.63) is 64.7 Å². The molecule has 0 heterocycles. The van der Waals surface area contributed by atoms with E-state index in [0.717, 1.165) is 23.5 Å². The van der Waals surface area contributed by atoms with Gasteiger partial charge in [0.05, 0.1) is 13.2 Å². The Hall–Kier alpha value is -3.55. The lowest BCUT2D eigenvalue weighted by Crippen LogP contribution is -2.36. The fraction of sp³-hybridized carbons (Fsp3) is 0.375. The number of hydrogen-bond acceptors (Lipinski definition) is 4. The molecule has 0 spiro atoms. The Morgan fingerprint density at radius 2 is 1.78 bits per heavy atom. The number of primary amides is 1. The number of rotatable bonds is 10. The van der Waals surface area contributed by atoms with Crippen LogP contribution < -0.4 is 26.4 Å². The zero-order valence-electron chi connectivity index (χ0n) is 18.6. The summed E-state index contributed by atoms with van der Waals surface area (Å²) in [6.45, 7) is 3.80. The molecular weight excluding hydrogens is 406 g/mol. The maximum atomic E-state index is 12.0.